The standard InChI is InChI=1S/C4H4O.C2H3ClO/c1-2-4-5-3-1;3-1-2-4/h1-4H;2H,1H2. The fourth-order valence-electron chi connectivity index (χ4n) is 0.227. The fraction of sp³-hybridized carbons (Fsp3) is 0.167. The summed E-state index contributed by atoms with van der Waals surface area (Å²) in [6, 6.07) is 3.67. The molecule has 9 heavy (non-hydrogen) atoms. The Morgan fingerprint density at radius 1 is 1.44 bits per heavy atom. The lowest BCUT2D eigenvalue weighted by molar-refractivity contribution is -0.105. The van der Waals surface area contributed by atoms with E-state index in [1.54, 1.807) is 12.5 Å². The lowest BCUT2D eigenvalue weighted by atomic mass is 10.7. The Morgan fingerprint density at radius 3 is 2.00 bits per heavy atom. The van der Waals surface area contributed by atoms with Gasteiger partial charge in [0.2, 0.25) is 0 Å². The summed E-state index contributed by atoms with van der Waals surface area (Å²) in [6.07, 6.45) is 3.89. The maximum absolute atomic E-state index is 9.04. The van der Waals surface area contributed by atoms with Gasteiger partial charge >= 0.3 is 0 Å². The number of furan rings is 1. The zero-order chi connectivity index (χ0) is 6.95. The second-order valence-electron chi connectivity index (χ2n) is 1.11. The van der Waals surface area contributed by atoms with E-state index >= 15 is 0 Å². The molecule has 0 saturated carbocycles. The van der Waals surface area contributed by atoms with E-state index in [-0.39, 0.29) is 5.88 Å². The summed E-state index contributed by atoms with van der Waals surface area (Å²) in [5, 5.41) is 0. The van der Waals surface area contributed by atoms with Gasteiger partial charge in [0.25, 0.3) is 0 Å². The van der Waals surface area contributed by atoms with Crippen LogP contribution in [-0.4, -0.2) is 12.2 Å². The van der Waals surface area contributed by atoms with Gasteiger partial charge < -0.3 is 9.21 Å². The molecule has 50 valence electrons. The van der Waals surface area contributed by atoms with Crippen LogP contribution in [0.2, 0.25) is 0 Å². The molecule has 0 aliphatic carbocycles. The van der Waals surface area contributed by atoms with Gasteiger partial charge in [-0.3, -0.25) is 0 Å². The van der Waals surface area contributed by atoms with E-state index in [0.29, 0.717) is 6.29 Å². The van der Waals surface area contributed by atoms with E-state index in [1.165, 1.54) is 0 Å². The molecule has 2 nitrogen and oxygen atoms in total. The smallest absolute Gasteiger partial charge is 0.134 e. The third-order valence-corrected chi connectivity index (χ3v) is 0.614. The molecule has 1 aromatic rings. The van der Waals surface area contributed by atoms with Crippen LogP contribution in [0.1, 0.15) is 0 Å². The molecule has 0 bridgehead atoms. The molecule has 0 aromatic carbocycles. The maximum Gasteiger partial charge on any atom is 0.134 e. The van der Waals surface area contributed by atoms with Crippen molar-refractivity contribution in [3.63, 3.8) is 0 Å². The van der Waals surface area contributed by atoms with Crippen LogP contribution in [0.15, 0.2) is 29.1 Å². The molecule has 0 radical (unpaired) electrons. The topological polar surface area (TPSA) is 30.2 Å². The first kappa shape index (κ1) is 8.24. The SMILES string of the molecule is O=CCCl.c1ccoc1. The summed E-state index contributed by atoms with van der Waals surface area (Å²) in [4.78, 5) is 9.04. The monoisotopic (exact) mass is 146 g/mol. The number of carbonyl (C=O) groups is 1. The molecule has 0 atom stereocenters. The molecular formula is C6H7ClO2. The van der Waals surface area contributed by atoms with Crippen molar-refractivity contribution < 1.29 is 9.21 Å². The minimum atomic E-state index is 0.111. The number of aldehydes is 1. The number of rotatable bonds is 1. The molecular weight excluding hydrogens is 140 g/mol. The number of carbonyl (C=O) groups excluding carboxylic acids is 1. The Morgan fingerprint density at radius 2 is 1.89 bits per heavy atom. The van der Waals surface area contributed by atoms with Crippen LogP contribution in [0.25, 0.3) is 0 Å². The summed E-state index contributed by atoms with van der Waals surface area (Å²) in [7, 11) is 0. The lowest BCUT2D eigenvalue weighted by Crippen LogP contribution is -1.63. The van der Waals surface area contributed by atoms with Crippen molar-refractivity contribution in [2.24, 2.45) is 0 Å². The van der Waals surface area contributed by atoms with Gasteiger partial charge in [0.05, 0.1) is 18.4 Å². The highest BCUT2D eigenvalue weighted by Gasteiger charge is 1.59. The van der Waals surface area contributed by atoms with E-state index in [4.69, 9.17) is 16.4 Å². The quantitative estimate of drug-likeness (QED) is 0.446. The first-order valence-corrected chi connectivity index (χ1v) is 2.92. The van der Waals surface area contributed by atoms with Crippen molar-refractivity contribution in [2.45, 2.75) is 0 Å². The Bertz CT molecular complexity index is 108. The van der Waals surface area contributed by atoms with Gasteiger partial charge in [-0.2, -0.15) is 0 Å². The molecule has 0 N–H and O–H groups in total. The highest BCUT2D eigenvalue weighted by atomic mass is 35.5. The van der Waals surface area contributed by atoms with Gasteiger partial charge in [-0.25, -0.2) is 0 Å². The molecule has 1 aromatic heterocycles. The molecule has 0 aliphatic rings. The third kappa shape index (κ3) is 7.24. The molecule has 1 rings (SSSR count). The molecule has 0 amide bonds. The molecule has 0 spiro atoms. The Hall–Kier alpha value is -0.760. The Kier molecular flexibility index (Phi) is 6.63. The number of halogens is 1. The summed E-state index contributed by atoms with van der Waals surface area (Å²) in [6.45, 7) is 0. The summed E-state index contributed by atoms with van der Waals surface area (Å²) in [5.41, 5.74) is 0. The normalized spacial score (nSPS) is 7.22. The van der Waals surface area contributed by atoms with Crippen molar-refractivity contribution in [3.05, 3.63) is 24.7 Å². The molecule has 3 heteroatoms. The van der Waals surface area contributed by atoms with Crippen molar-refractivity contribution in [1.82, 2.24) is 0 Å². The van der Waals surface area contributed by atoms with Crippen molar-refractivity contribution in [2.75, 3.05) is 5.88 Å². The summed E-state index contributed by atoms with van der Waals surface area (Å²) in [5.74, 6) is 0.111. The predicted octanol–water partition coefficient (Wildman–Crippen LogP) is 1.70. The first-order chi connectivity index (χ1) is 4.41. The molecule has 0 unspecified atom stereocenters. The van der Waals surface area contributed by atoms with Gasteiger partial charge in [-0.05, 0) is 12.1 Å². The van der Waals surface area contributed by atoms with E-state index in [1.807, 2.05) is 12.1 Å². The number of hydrogen-bond acceptors (Lipinski definition) is 2. The molecule has 1 heterocycles. The number of alkyl halides is 1. The maximum atomic E-state index is 9.04. The average molecular weight is 147 g/mol. The van der Waals surface area contributed by atoms with E-state index < -0.39 is 0 Å². The summed E-state index contributed by atoms with van der Waals surface area (Å²) < 4.78 is 4.58. The van der Waals surface area contributed by atoms with E-state index in [9.17, 15) is 0 Å². The predicted molar refractivity (Wildman–Crippen MR) is 35.5 cm³/mol. The molecule has 0 fully saturated rings. The van der Waals surface area contributed by atoms with Crippen LogP contribution in [-0.2, 0) is 4.79 Å². The summed E-state index contributed by atoms with van der Waals surface area (Å²) >= 11 is 4.82. The second-order valence-corrected chi connectivity index (χ2v) is 1.42. The molecule has 0 aliphatic heterocycles. The van der Waals surface area contributed by atoms with Gasteiger partial charge in [0.15, 0.2) is 0 Å². The largest absolute Gasteiger partial charge is 0.473 e. The van der Waals surface area contributed by atoms with Crippen LogP contribution in [0.4, 0.5) is 0 Å². The highest BCUT2D eigenvalue weighted by Crippen LogP contribution is 1.79. The van der Waals surface area contributed by atoms with Crippen LogP contribution in [0, 0.1) is 0 Å². The van der Waals surface area contributed by atoms with Crippen molar-refractivity contribution in [1.29, 1.82) is 0 Å². The average Bonchev–Trinajstić information content (AvgIpc) is 2.43. The van der Waals surface area contributed by atoms with Gasteiger partial charge in [0.1, 0.15) is 6.29 Å². The van der Waals surface area contributed by atoms with Gasteiger partial charge in [0, 0.05) is 0 Å². The van der Waals surface area contributed by atoms with Crippen LogP contribution < -0.4 is 0 Å². The fourth-order valence-corrected chi connectivity index (χ4v) is 0.227. The van der Waals surface area contributed by atoms with Crippen molar-refractivity contribution >= 4 is 17.9 Å². The Balaban J connectivity index is 0.000000148. The minimum absolute atomic E-state index is 0.111. The van der Waals surface area contributed by atoms with Crippen LogP contribution in [0.5, 0.6) is 0 Å². The van der Waals surface area contributed by atoms with Crippen molar-refractivity contribution in [3.8, 4) is 0 Å². The second kappa shape index (κ2) is 7.24. The Labute approximate surface area is 58.4 Å². The molecule has 0 saturated heterocycles. The number of hydrogen-bond donors (Lipinski definition) is 0. The third-order valence-electron chi connectivity index (χ3n) is 0.488. The van der Waals surface area contributed by atoms with Gasteiger partial charge in [-0.1, -0.05) is 0 Å². The highest BCUT2D eigenvalue weighted by molar-refractivity contribution is 6.24. The lowest BCUT2D eigenvalue weighted by Gasteiger charge is -1.50. The van der Waals surface area contributed by atoms with Crippen LogP contribution >= 0.6 is 11.6 Å². The van der Waals surface area contributed by atoms with E-state index in [0.717, 1.165) is 0 Å². The van der Waals surface area contributed by atoms with Crippen LogP contribution in [0.3, 0.4) is 0 Å². The zero-order valence-electron chi connectivity index (χ0n) is 4.79. The van der Waals surface area contributed by atoms with E-state index in [2.05, 4.69) is 4.42 Å². The minimum Gasteiger partial charge on any atom is -0.473 e. The first-order valence-electron chi connectivity index (χ1n) is 2.38. The van der Waals surface area contributed by atoms with Gasteiger partial charge in [-0.15, -0.1) is 11.6 Å². The zero-order valence-corrected chi connectivity index (χ0v) is 5.54.